The molecule has 0 saturated heterocycles. The van der Waals surface area contributed by atoms with E-state index in [-0.39, 0.29) is 0 Å². The van der Waals surface area contributed by atoms with Gasteiger partial charge in [-0.05, 0) is 72.3 Å². The Morgan fingerprint density at radius 1 is 0.522 bits per heavy atom. The number of hydrogen-bond acceptors (Lipinski definition) is 2. The third-order valence-corrected chi connectivity index (χ3v) is 9.82. The molecule has 1 N–H and O–H groups in total. The van der Waals surface area contributed by atoms with Crippen LogP contribution in [0.4, 0.5) is 0 Å². The maximum atomic E-state index is 6.86. The van der Waals surface area contributed by atoms with Crippen LogP contribution in [0.2, 0.25) is 0 Å². The van der Waals surface area contributed by atoms with E-state index in [9.17, 15) is 0 Å². The highest BCUT2D eigenvalue weighted by Gasteiger charge is 2.27. The van der Waals surface area contributed by atoms with Gasteiger partial charge in [-0.2, -0.15) is 0 Å². The molecule has 0 amide bonds. The molecule has 0 aliphatic carbocycles. The molecular weight excluding hydrogens is 566 g/mol. The first-order valence-corrected chi connectivity index (χ1v) is 15.6. The first-order chi connectivity index (χ1) is 22.8. The molecule has 0 atom stereocenters. The van der Waals surface area contributed by atoms with E-state index in [0.717, 1.165) is 61.2 Å². The molecule has 216 valence electrons. The number of furan rings is 1. The fourth-order valence-corrected chi connectivity index (χ4v) is 7.91. The Kier molecular flexibility index (Phi) is 4.57. The number of aromatic amines is 1. The van der Waals surface area contributed by atoms with Crippen molar-refractivity contribution in [3.05, 3.63) is 139 Å². The standard InChI is InChI=1S/C41H25N3O2/c1-2-8-24(9-3-1)43-32-12-6-4-10-28(32)38-31-23-45-41-27(26(31)15-17-34(38)43)16-18-35-39(41)29-11-5-7-13-33(29)44(35)25-14-19-36-30(22-25)40-37(46-36)20-21-42-40/h1-22,42H,23H2. The minimum atomic E-state index is 0.507. The van der Waals surface area contributed by atoms with Gasteiger partial charge in [-0.1, -0.05) is 60.7 Å². The fourth-order valence-electron chi connectivity index (χ4n) is 7.91. The van der Waals surface area contributed by atoms with Gasteiger partial charge in [0.05, 0.1) is 33.0 Å². The van der Waals surface area contributed by atoms with E-state index in [1.807, 2.05) is 12.3 Å². The number of nitrogens with zero attached hydrogens (tertiary/aromatic N) is 2. The molecule has 0 spiro atoms. The molecule has 0 fully saturated rings. The summed E-state index contributed by atoms with van der Waals surface area (Å²) >= 11 is 0. The van der Waals surface area contributed by atoms with E-state index >= 15 is 0 Å². The number of para-hydroxylation sites is 3. The zero-order valence-corrected chi connectivity index (χ0v) is 24.6. The van der Waals surface area contributed by atoms with Crippen LogP contribution in [-0.4, -0.2) is 14.1 Å². The molecule has 5 heteroatoms. The van der Waals surface area contributed by atoms with Gasteiger partial charge in [0.25, 0.3) is 0 Å². The van der Waals surface area contributed by atoms with Crippen molar-refractivity contribution < 1.29 is 9.15 Å². The van der Waals surface area contributed by atoms with Crippen LogP contribution in [0.25, 0.3) is 88.2 Å². The summed E-state index contributed by atoms with van der Waals surface area (Å²) in [4.78, 5) is 3.35. The molecule has 46 heavy (non-hydrogen) atoms. The maximum Gasteiger partial charge on any atom is 0.153 e. The number of hydrogen-bond donors (Lipinski definition) is 1. The van der Waals surface area contributed by atoms with Gasteiger partial charge in [0, 0.05) is 50.2 Å². The van der Waals surface area contributed by atoms with Crippen LogP contribution in [0.1, 0.15) is 5.56 Å². The second-order valence-corrected chi connectivity index (χ2v) is 12.2. The minimum absolute atomic E-state index is 0.507. The normalized spacial score (nSPS) is 12.9. The average molecular weight is 592 g/mol. The fraction of sp³-hybridized carbons (Fsp3) is 0.0244. The largest absolute Gasteiger partial charge is 0.487 e. The number of benzene rings is 6. The van der Waals surface area contributed by atoms with Gasteiger partial charge in [0.2, 0.25) is 0 Å². The topological polar surface area (TPSA) is 48.0 Å². The van der Waals surface area contributed by atoms with Crippen molar-refractivity contribution in [2.45, 2.75) is 6.61 Å². The second kappa shape index (κ2) is 8.71. The Morgan fingerprint density at radius 2 is 1.22 bits per heavy atom. The number of aromatic nitrogens is 3. The Hall–Kier alpha value is -6.20. The van der Waals surface area contributed by atoms with Crippen LogP contribution in [-0.2, 0) is 6.61 Å². The molecule has 0 unspecified atom stereocenters. The number of nitrogens with one attached hydrogen (secondary N) is 1. The first-order valence-electron chi connectivity index (χ1n) is 15.6. The summed E-state index contributed by atoms with van der Waals surface area (Å²) in [6, 6.07) is 45.4. The zero-order valence-electron chi connectivity index (χ0n) is 24.6. The lowest BCUT2D eigenvalue weighted by atomic mass is 9.92. The molecule has 0 saturated carbocycles. The number of ether oxygens (including phenoxy) is 1. The molecule has 10 aromatic rings. The van der Waals surface area contributed by atoms with E-state index in [0.29, 0.717) is 6.61 Å². The summed E-state index contributed by atoms with van der Waals surface area (Å²) in [6.07, 6.45) is 1.93. The second-order valence-electron chi connectivity index (χ2n) is 12.2. The summed E-state index contributed by atoms with van der Waals surface area (Å²) in [5.41, 5.74) is 13.3. The highest BCUT2D eigenvalue weighted by atomic mass is 16.5. The van der Waals surface area contributed by atoms with Crippen LogP contribution >= 0.6 is 0 Å². The molecule has 1 aliphatic rings. The maximum absolute atomic E-state index is 6.86. The monoisotopic (exact) mass is 591 g/mol. The van der Waals surface area contributed by atoms with Crippen LogP contribution < -0.4 is 4.74 Å². The van der Waals surface area contributed by atoms with E-state index in [4.69, 9.17) is 9.15 Å². The molecule has 6 aromatic carbocycles. The molecule has 0 radical (unpaired) electrons. The van der Waals surface area contributed by atoms with Crippen LogP contribution in [0, 0.1) is 0 Å². The van der Waals surface area contributed by atoms with Crippen molar-refractivity contribution in [1.29, 1.82) is 0 Å². The van der Waals surface area contributed by atoms with Crippen LogP contribution in [0.15, 0.2) is 138 Å². The van der Waals surface area contributed by atoms with Crippen LogP contribution in [0.3, 0.4) is 0 Å². The Balaban J connectivity index is 1.18. The average Bonchev–Trinajstić information content (AvgIpc) is 3.87. The van der Waals surface area contributed by atoms with Crippen molar-refractivity contribution >= 4 is 65.7 Å². The molecule has 5 nitrogen and oxygen atoms in total. The third kappa shape index (κ3) is 3.04. The summed E-state index contributed by atoms with van der Waals surface area (Å²) in [6.45, 7) is 0.507. The summed E-state index contributed by atoms with van der Waals surface area (Å²) in [5, 5.41) is 5.90. The molecular formula is C41H25N3O2. The van der Waals surface area contributed by atoms with Gasteiger partial charge in [-0.15, -0.1) is 0 Å². The van der Waals surface area contributed by atoms with E-state index < -0.39 is 0 Å². The molecule has 4 aromatic heterocycles. The first kappa shape index (κ1) is 24.2. The Morgan fingerprint density at radius 3 is 2.04 bits per heavy atom. The van der Waals surface area contributed by atoms with Crippen molar-refractivity contribution in [3.63, 3.8) is 0 Å². The Bertz CT molecular complexity index is 2860. The lowest BCUT2D eigenvalue weighted by molar-refractivity contribution is 0.308. The predicted octanol–water partition coefficient (Wildman–Crippen LogP) is 10.7. The number of fused-ring (bicyclic) bond motifs is 14. The van der Waals surface area contributed by atoms with Crippen molar-refractivity contribution in [2.75, 3.05) is 0 Å². The number of rotatable bonds is 2. The number of H-pyrrole nitrogens is 1. The van der Waals surface area contributed by atoms with E-state index in [2.05, 4.69) is 135 Å². The smallest absolute Gasteiger partial charge is 0.153 e. The zero-order chi connectivity index (χ0) is 29.9. The molecule has 1 aliphatic heterocycles. The van der Waals surface area contributed by atoms with Crippen LogP contribution in [0.5, 0.6) is 5.75 Å². The highest BCUT2D eigenvalue weighted by molar-refractivity contribution is 6.17. The third-order valence-electron chi connectivity index (χ3n) is 9.82. The molecule has 0 bridgehead atoms. The van der Waals surface area contributed by atoms with E-state index in [1.165, 1.54) is 38.3 Å². The lowest BCUT2D eigenvalue weighted by Gasteiger charge is -2.23. The summed E-state index contributed by atoms with van der Waals surface area (Å²) < 4.78 is 17.6. The van der Waals surface area contributed by atoms with Crippen molar-refractivity contribution in [1.82, 2.24) is 14.1 Å². The van der Waals surface area contributed by atoms with Gasteiger partial charge in [-0.3, -0.25) is 0 Å². The van der Waals surface area contributed by atoms with Crippen molar-refractivity contribution in [2.24, 2.45) is 0 Å². The highest BCUT2D eigenvalue weighted by Crippen LogP contribution is 2.49. The van der Waals surface area contributed by atoms with Crippen molar-refractivity contribution in [3.8, 4) is 28.3 Å². The van der Waals surface area contributed by atoms with Gasteiger partial charge in [0.15, 0.2) is 5.58 Å². The SMILES string of the molecule is c1ccc(-n2c3ccccc3c3c4c(ccc32)-c2ccc3c(c2OC4)c2ccccc2n3-c2ccc3oc4cc[nH]c4c3c2)cc1. The van der Waals surface area contributed by atoms with Gasteiger partial charge in [-0.25, -0.2) is 0 Å². The molecule has 11 rings (SSSR count). The quantitative estimate of drug-likeness (QED) is 0.217. The predicted molar refractivity (Wildman–Crippen MR) is 187 cm³/mol. The van der Waals surface area contributed by atoms with Gasteiger partial charge >= 0.3 is 0 Å². The minimum Gasteiger partial charge on any atom is -0.487 e. The lowest BCUT2D eigenvalue weighted by Crippen LogP contribution is -2.07. The molecule has 5 heterocycles. The van der Waals surface area contributed by atoms with Gasteiger partial charge in [0.1, 0.15) is 17.9 Å². The summed E-state index contributed by atoms with van der Waals surface area (Å²) in [7, 11) is 0. The van der Waals surface area contributed by atoms with E-state index in [1.54, 1.807) is 0 Å². The van der Waals surface area contributed by atoms with Gasteiger partial charge < -0.3 is 23.3 Å². The summed E-state index contributed by atoms with van der Waals surface area (Å²) in [5.74, 6) is 0.947. The Labute approximate surface area is 262 Å².